The first-order valence-corrected chi connectivity index (χ1v) is 4.82. The van der Waals surface area contributed by atoms with Crippen LogP contribution in [0.25, 0.3) is 0 Å². The van der Waals surface area contributed by atoms with Crippen molar-refractivity contribution in [2.45, 2.75) is 13.8 Å². The molecule has 0 aromatic heterocycles. The van der Waals surface area contributed by atoms with E-state index in [1.807, 2.05) is 19.9 Å². The maximum atomic E-state index is 8.38. The van der Waals surface area contributed by atoms with Crippen LogP contribution >= 0.6 is 25.3 Å². The van der Waals surface area contributed by atoms with E-state index in [0.717, 1.165) is 13.1 Å². The molecule has 0 amide bonds. The van der Waals surface area contributed by atoms with E-state index in [4.69, 9.17) is 5.26 Å². The maximum absolute atomic E-state index is 8.38. The molecule has 0 aromatic carbocycles. The van der Waals surface area contributed by atoms with Crippen molar-refractivity contribution in [1.29, 1.82) is 5.26 Å². The van der Waals surface area contributed by atoms with Gasteiger partial charge in [-0.25, -0.2) is 0 Å². The summed E-state index contributed by atoms with van der Waals surface area (Å²) in [7, 11) is 2.58. The lowest BCUT2D eigenvalue weighted by molar-refractivity contribution is 0.446. The Morgan fingerprint density at radius 3 is 2.36 bits per heavy atom. The summed E-state index contributed by atoms with van der Waals surface area (Å²) in [4.78, 5) is 0. The van der Waals surface area contributed by atoms with Crippen LogP contribution in [-0.4, -0.2) is 17.8 Å². The Morgan fingerprint density at radius 2 is 2.09 bits per heavy atom. The van der Waals surface area contributed by atoms with Gasteiger partial charge in [-0.15, -0.1) is 0 Å². The van der Waals surface area contributed by atoms with Crippen LogP contribution < -0.4 is 0 Å². The van der Waals surface area contributed by atoms with E-state index in [-0.39, 0.29) is 0 Å². The molecule has 1 heterocycles. The third-order valence-corrected chi connectivity index (χ3v) is 2.30. The fraction of sp³-hybridized carbons (Fsp3) is 0.571. The number of halogens is 1. The van der Waals surface area contributed by atoms with Gasteiger partial charge < -0.3 is 0 Å². The van der Waals surface area contributed by atoms with E-state index >= 15 is 0 Å². The lowest BCUT2D eigenvalue weighted by Crippen LogP contribution is -2.31. The minimum absolute atomic E-state index is 0.696. The monoisotopic (exact) mass is 234 g/mol. The van der Waals surface area contributed by atoms with Crippen molar-refractivity contribution >= 4 is 25.3 Å². The highest BCUT2D eigenvalue weighted by Gasteiger charge is 2.18. The van der Waals surface area contributed by atoms with Crippen LogP contribution in [0.15, 0.2) is 10.1 Å². The summed E-state index contributed by atoms with van der Waals surface area (Å²) >= 11 is 3.16. The molecule has 1 saturated heterocycles. The van der Waals surface area contributed by atoms with Gasteiger partial charge in [-0.1, -0.05) is 23.2 Å². The average molecular weight is 235 g/mol. The second-order valence-electron chi connectivity index (χ2n) is 1.93. The molecule has 11 heavy (non-hydrogen) atoms. The Hall–Kier alpha value is 0.100. The number of rotatable bonds is 0. The second kappa shape index (κ2) is 5.71. The number of hydrogen-bond donors (Lipinski definition) is 0. The van der Waals surface area contributed by atoms with Crippen LogP contribution in [-0.2, 0) is 0 Å². The van der Waals surface area contributed by atoms with Gasteiger partial charge in [0.2, 0.25) is 0 Å². The molecule has 4 heteroatoms. The highest BCUT2D eigenvalue weighted by Crippen LogP contribution is 2.23. The third kappa shape index (κ3) is 3.33. The molecule has 1 atom stereocenters. The molecule has 0 radical (unpaired) electrons. The topological polar surface area (TPSA) is 27.0 Å². The Morgan fingerprint density at radius 1 is 1.64 bits per heavy atom. The van der Waals surface area contributed by atoms with Gasteiger partial charge in [-0.3, -0.25) is 4.67 Å². The first-order valence-electron chi connectivity index (χ1n) is 3.51. The van der Waals surface area contributed by atoms with Gasteiger partial charge in [0.25, 0.3) is 0 Å². The van der Waals surface area contributed by atoms with Crippen molar-refractivity contribution in [3.8, 4) is 6.07 Å². The molecule has 0 bridgehead atoms. The average Bonchev–Trinajstić information content (AvgIpc) is 2.01. The molecule has 1 fully saturated rings. The standard InChI is InChI=1S/C5H6BrN2P.C2H6/c6-5(1-7)4-2-8(9)3-4;1-2/h2-3,9H2;1-2H3. The summed E-state index contributed by atoms with van der Waals surface area (Å²) in [6.07, 6.45) is 0. The van der Waals surface area contributed by atoms with Crippen LogP contribution in [0.3, 0.4) is 0 Å². The maximum Gasteiger partial charge on any atom is 0.107 e. The quantitative estimate of drug-likeness (QED) is 0.475. The molecule has 0 spiro atoms. The summed E-state index contributed by atoms with van der Waals surface area (Å²) in [5.41, 5.74) is 1.19. The lowest BCUT2D eigenvalue weighted by atomic mass is 10.1. The Labute approximate surface area is 78.6 Å². The first-order chi connectivity index (χ1) is 5.24. The van der Waals surface area contributed by atoms with Crippen molar-refractivity contribution in [2.75, 3.05) is 13.1 Å². The smallest absolute Gasteiger partial charge is 0.107 e. The predicted octanol–water partition coefficient (Wildman–Crippen LogP) is 2.29. The highest BCUT2D eigenvalue weighted by atomic mass is 79.9. The zero-order valence-electron chi connectivity index (χ0n) is 6.76. The number of allylic oxidation sites excluding steroid dienone is 1. The summed E-state index contributed by atoms with van der Waals surface area (Å²) < 4.78 is 2.76. The molecule has 0 aliphatic carbocycles. The van der Waals surface area contributed by atoms with Crippen LogP contribution in [0.1, 0.15) is 13.8 Å². The van der Waals surface area contributed by atoms with Crippen molar-refractivity contribution in [3.63, 3.8) is 0 Å². The van der Waals surface area contributed by atoms with Gasteiger partial charge in [-0.2, -0.15) is 5.26 Å². The zero-order valence-corrected chi connectivity index (χ0v) is 9.50. The van der Waals surface area contributed by atoms with E-state index in [1.165, 1.54) is 5.57 Å². The number of nitriles is 1. The van der Waals surface area contributed by atoms with Gasteiger partial charge >= 0.3 is 0 Å². The second-order valence-corrected chi connectivity index (χ2v) is 3.46. The van der Waals surface area contributed by atoms with E-state index in [0.29, 0.717) is 4.48 Å². The van der Waals surface area contributed by atoms with Gasteiger partial charge in [0.05, 0.1) is 4.48 Å². The third-order valence-electron chi connectivity index (χ3n) is 1.20. The van der Waals surface area contributed by atoms with E-state index < -0.39 is 0 Å². The molecule has 0 saturated carbocycles. The summed E-state index contributed by atoms with van der Waals surface area (Å²) in [6.45, 7) is 5.80. The highest BCUT2D eigenvalue weighted by molar-refractivity contribution is 9.12. The van der Waals surface area contributed by atoms with Crippen LogP contribution in [0.4, 0.5) is 0 Å². The van der Waals surface area contributed by atoms with Crippen molar-refractivity contribution in [2.24, 2.45) is 0 Å². The minimum atomic E-state index is 0.696. The SMILES string of the molecule is CC.N#CC(Br)=C1CN(P)C1. The number of hydrogen-bond acceptors (Lipinski definition) is 2. The molecule has 1 unspecified atom stereocenters. The summed E-state index contributed by atoms with van der Waals surface area (Å²) in [6, 6.07) is 2.05. The number of nitrogens with zero attached hydrogens (tertiary/aromatic N) is 2. The van der Waals surface area contributed by atoms with Gasteiger partial charge in [-0.05, 0) is 21.5 Å². The molecule has 0 N–H and O–H groups in total. The Bertz CT molecular complexity index is 187. The van der Waals surface area contributed by atoms with E-state index in [9.17, 15) is 0 Å². The van der Waals surface area contributed by atoms with Gasteiger partial charge in [0, 0.05) is 13.1 Å². The van der Waals surface area contributed by atoms with Crippen molar-refractivity contribution in [3.05, 3.63) is 10.1 Å². The van der Waals surface area contributed by atoms with E-state index in [2.05, 4.69) is 30.0 Å². The summed E-state index contributed by atoms with van der Waals surface area (Å²) in [5.74, 6) is 0. The molecule has 0 aromatic rings. The molecule has 1 rings (SSSR count). The molecule has 1 aliphatic heterocycles. The van der Waals surface area contributed by atoms with Gasteiger partial charge in [0.15, 0.2) is 0 Å². The van der Waals surface area contributed by atoms with Crippen molar-refractivity contribution in [1.82, 2.24) is 4.67 Å². The predicted molar refractivity (Wildman–Crippen MR) is 54.2 cm³/mol. The van der Waals surface area contributed by atoms with Crippen LogP contribution in [0, 0.1) is 11.3 Å². The Balaban J connectivity index is 0.000000461. The molecular weight excluding hydrogens is 223 g/mol. The minimum Gasteiger partial charge on any atom is -0.279 e. The largest absolute Gasteiger partial charge is 0.279 e. The fourth-order valence-corrected chi connectivity index (χ4v) is 1.35. The molecular formula is C7H12BrN2P. The fourth-order valence-electron chi connectivity index (χ4n) is 0.662. The van der Waals surface area contributed by atoms with Gasteiger partial charge in [0.1, 0.15) is 6.07 Å². The molecule has 62 valence electrons. The Kier molecular flexibility index (Phi) is 5.76. The molecule has 1 aliphatic rings. The zero-order chi connectivity index (χ0) is 8.85. The lowest BCUT2D eigenvalue weighted by Gasteiger charge is -2.29. The first kappa shape index (κ1) is 11.1. The van der Waals surface area contributed by atoms with Crippen LogP contribution in [0.2, 0.25) is 0 Å². The molecule has 2 nitrogen and oxygen atoms in total. The van der Waals surface area contributed by atoms with Crippen molar-refractivity contribution < 1.29 is 0 Å². The van der Waals surface area contributed by atoms with E-state index in [1.54, 1.807) is 0 Å². The van der Waals surface area contributed by atoms with Crippen LogP contribution in [0.5, 0.6) is 0 Å². The normalized spacial score (nSPS) is 15.7. The summed E-state index contributed by atoms with van der Waals surface area (Å²) in [5, 5.41) is 8.38.